The fraction of sp³-hybridized carbons (Fsp3) is 0.210. The Morgan fingerprint density at radius 3 is 1.44 bits per heavy atom. The number of nitrogens with zero attached hydrogens (tertiary/aromatic N) is 9. The minimum Gasteiger partial charge on any atom is -0.338 e. The monoisotopic (exact) mass is 1220 g/mol. The van der Waals surface area contributed by atoms with Gasteiger partial charge in [0.2, 0.25) is 17.8 Å². The van der Waals surface area contributed by atoms with Gasteiger partial charge in [0.05, 0.1) is 21.9 Å². The molecule has 0 spiro atoms. The molecule has 0 fully saturated rings. The molecule has 456 valence electrons. The van der Waals surface area contributed by atoms with Crippen molar-refractivity contribution in [2.24, 2.45) is 14.1 Å². The van der Waals surface area contributed by atoms with Crippen molar-refractivity contribution in [2.75, 3.05) is 55.6 Å². The third-order valence-electron chi connectivity index (χ3n) is 14.8. The van der Waals surface area contributed by atoms with E-state index in [0.717, 1.165) is 78.3 Å². The molecular formula is C62H58F6N18O3. The Morgan fingerprint density at radius 1 is 0.517 bits per heavy atom. The molecule has 2 aliphatic rings. The van der Waals surface area contributed by atoms with Crippen LogP contribution in [-0.2, 0) is 57.2 Å². The Morgan fingerprint density at radius 2 is 0.966 bits per heavy atom. The van der Waals surface area contributed by atoms with E-state index in [1.165, 1.54) is 41.0 Å². The fourth-order valence-electron chi connectivity index (χ4n) is 10.2. The maximum absolute atomic E-state index is 13.0. The molecule has 0 atom stereocenters. The maximum atomic E-state index is 13.0. The Kier molecular flexibility index (Phi) is 16.7. The zero-order valence-electron chi connectivity index (χ0n) is 48.5. The smallest absolute Gasteiger partial charge is 0.338 e. The number of hydrogen-bond acceptors (Lipinski definition) is 14. The summed E-state index contributed by atoms with van der Waals surface area (Å²) in [7, 11) is 3.56. The highest BCUT2D eigenvalue weighted by atomic mass is 19.4. The molecule has 10 aromatic rings. The minimum atomic E-state index is -4.52. The zero-order chi connectivity index (χ0) is 62.7. The van der Waals surface area contributed by atoms with E-state index in [1.807, 2.05) is 36.9 Å². The number of fused-ring (bicyclic) bond motifs is 4. The number of halogens is 6. The number of alkyl halides is 6. The van der Waals surface area contributed by atoms with Gasteiger partial charge in [-0.2, -0.15) is 46.5 Å². The predicted molar refractivity (Wildman–Crippen MR) is 329 cm³/mol. The van der Waals surface area contributed by atoms with Crippen LogP contribution >= 0.6 is 0 Å². The lowest BCUT2D eigenvalue weighted by atomic mass is 9.99. The van der Waals surface area contributed by atoms with Crippen LogP contribution < -0.4 is 47.9 Å². The first-order valence-electron chi connectivity index (χ1n) is 27.9. The molecule has 6 aromatic carbocycles. The molecule has 0 saturated heterocycles. The van der Waals surface area contributed by atoms with Crippen molar-refractivity contribution in [3.8, 4) is 0 Å². The highest BCUT2D eigenvalue weighted by Crippen LogP contribution is 2.35. The summed E-state index contributed by atoms with van der Waals surface area (Å²) >= 11 is 0. The molecular weight excluding hydrogens is 1160 g/mol. The average Bonchev–Trinajstić information content (AvgIpc) is 2.00. The number of benzene rings is 6. The van der Waals surface area contributed by atoms with Gasteiger partial charge in [-0.05, 0) is 152 Å². The van der Waals surface area contributed by atoms with Gasteiger partial charge in [0, 0.05) is 98.5 Å². The summed E-state index contributed by atoms with van der Waals surface area (Å²) in [6, 6.07) is 30.1. The van der Waals surface area contributed by atoms with Crippen LogP contribution in [0, 0.1) is 13.8 Å². The van der Waals surface area contributed by atoms with Gasteiger partial charge in [-0.3, -0.25) is 4.79 Å². The first-order chi connectivity index (χ1) is 42.5. The summed E-state index contributed by atoms with van der Waals surface area (Å²) < 4.78 is 81.5. The molecule has 0 aliphatic carbocycles. The topological polar surface area (TPSA) is 250 Å². The van der Waals surface area contributed by atoms with Crippen molar-refractivity contribution in [3.05, 3.63) is 178 Å². The van der Waals surface area contributed by atoms with Crippen molar-refractivity contribution in [1.29, 1.82) is 0 Å². The number of aryl methyl sites for hydroxylation is 4. The summed E-state index contributed by atoms with van der Waals surface area (Å²) in [5.74, 6) is 1.90. The first-order valence-corrected chi connectivity index (χ1v) is 27.9. The average molecular weight is 1220 g/mol. The van der Waals surface area contributed by atoms with E-state index in [9.17, 15) is 40.7 Å². The van der Waals surface area contributed by atoms with Crippen LogP contribution in [0.15, 0.2) is 134 Å². The number of carbonyl (C=O) groups excluding carboxylic acids is 3. The summed E-state index contributed by atoms with van der Waals surface area (Å²) in [4.78, 5) is 57.1. The van der Waals surface area contributed by atoms with Crippen molar-refractivity contribution < 1.29 is 40.7 Å². The molecule has 0 bridgehead atoms. The number of hydrogen-bond donors (Lipinski definition) is 9. The van der Waals surface area contributed by atoms with E-state index in [4.69, 9.17) is 0 Å². The summed E-state index contributed by atoms with van der Waals surface area (Å²) in [6.07, 6.45) is -3.85. The van der Waals surface area contributed by atoms with Gasteiger partial charge in [-0.25, -0.2) is 28.9 Å². The SMILES string of the molecule is CC(=O)N1CCc2ccc(Nc3ncc4c(Nc5cc(NC(=O)Nc6cccc(C(F)(F)F)c6)ccc5C)nn(C)c4n3)cc2C1.Cc1ccc(NC(=O)Nc2cccc(C(F)(F)F)c2)cc1Nc1nn(C)c2nc(Nc3ccc4c(c3)CNCC4)ncc12. The third-order valence-corrected chi connectivity index (χ3v) is 14.8. The fourth-order valence-corrected chi connectivity index (χ4v) is 10.2. The second-order valence-electron chi connectivity index (χ2n) is 21.3. The van der Waals surface area contributed by atoms with E-state index in [0.29, 0.717) is 81.4 Å². The van der Waals surface area contributed by atoms with Crippen LogP contribution in [0.2, 0.25) is 0 Å². The molecule has 4 aromatic heterocycles. The molecule has 27 heteroatoms. The summed E-state index contributed by atoms with van der Waals surface area (Å²) in [6.45, 7) is 8.44. The van der Waals surface area contributed by atoms with Crippen LogP contribution in [-0.4, -0.2) is 75.5 Å². The van der Waals surface area contributed by atoms with Gasteiger partial charge in [-0.1, -0.05) is 36.4 Å². The van der Waals surface area contributed by atoms with Crippen molar-refractivity contribution in [3.63, 3.8) is 0 Å². The number of carbonyl (C=O) groups is 3. The van der Waals surface area contributed by atoms with E-state index >= 15 is 0 Å². The third kappa shape index (κ3) is 14.2. The largest absolute Gasteiger partial charge is 0.416 e. The van der Waals surface area contributed by atoms with Gasteiger partial charge >= 0.3 is 24.4 Å². The quantitative estimate of drug-likeness (QED) is 0.0516. The Labute approximate surface area is 504 Å². The molecule has 12 rings (SSSR count). The molecule has 21 nitrogen and oxygen atoms in total. The van der Waals surface area contributed by atoms with E-state index < -0.39 is 35.5 Å². The van der Waals surface area contributed by atoms with Crippen molar-refractivity contribution >= 4 is 109 Å². The molecule has 6 heterocycles. The summed E-state index contributed by atoms with van der Waals surface area (Å²) in [5.41, 5.74) is 10.0. The second-order valence-corrected chi connectivity index (χ2v) is 21.3. The van der Waals surface area contributed by atoms with Gasteiger partial charge in [0.25, 0.3) is 0 Å². The van der Waals surface area contributed by atoms with Gasteiger partial charge in [-0.15, -0.1) is 0 Å². The lowest BCUT2D eigenvalue weighted by Gasteiger charge is -2.28. The molecule has 0 saturated carbocycles. The number of rotatable bonds is 12. The van der Waals surface area contributed by atoms with E-state index in [1.54, 1.807) is 79.2 Å². The maximum Gasteiger partial charge on any atom is 0.416 e. The van der Waals surface area contributed by atoms with Crippen LogP contribution in [0.3, 0.4) is 0 Å². The van der Waals surface area contributed by atoms with E-state index in [-0.39, 0.29) is 17.3 Å². The lowest BCUT2D eigenvalue weighted by molar-refractivity contribution is -0.138. The van der Waals surface area contributed by atoms with Crippen molar-refractivity contribution in [1.82, 2.24) is 49.7 Å². The van der Waals surface area contributed by atoms with Crippen LogP contribution in [0.1, 0.15) is 51.4 Å². The normalized spacial score (nSPS) is 12.9. The van der Waals surface area contributed by atoms with Gasteiger partial charge in [0.1, 0.15) is 0 Å². The Hall–Kier alpha value is -10.8. The number of urea groups is 2. The lowest BCUT2D eigenvalue weighted by Crippen LogP contribution is -2.34. The predicted octanol–water partition coefficient (Wildman–Crippen LogP) is 13.2. The van der Waals surface area contributed by atoms with Gasteiger partial charge in [0.15, 0.2) is 22.9 Å². The standard InChI is InChI=1S/C32H30F3N9O2.C30H28F3N9O/c1-18-7-9-25(39-31(46)38-23-6-4-5-22(14-23)32(33,34)35)15-27(18)40-28-26-16-36-30(41-29(26)43(3)42-28)37-24-10-8-20-11-12-44(19(2)45)17-21(20)13-24;1-17-6-8-23(38-29(43)37-21-5-3-4-20(13-21)30(31,32)33)14-25(17)39-26-24-16-35-28(40-27(24)42(2)41-26)36-22-9-7-18-10-11-34-15-19(18)12-22/h4-10,13-16H,11-12,17H2,1-3H3,(H,40,42)(H,36,37,41)(H2,38,39,46);3-9,12-14,16,34H,10-11,15H2,1-2H3,(H,39,41)(H,35,36,40)(H2,37,38,43). The van der Waals surface area contributed by atoms with Crippen LogP contribution in [0.25, 0.3) is 22.1 Å². The molecule has 9 N–H and O–H groups in total. The molecule has 2 aliphatic heterocycles. The molecule has 0 radical (unpaired) electrons. The highest BCUT2D eigenvalue weighted by molar-refractivity contribution is 6.01. The minimum absolute atomic E-state index is 0.0119. The Balaban J connectivity index is 0.000000184. The Bertz CT molecular complexity index is 4360. The second kappa shape index (κ2) is 24.9. The molecule has 89 heavy (non-hydrogen) atoms. The number of anilines is 12. The zero-order valence-corrected chi connectivity index (χ0v) is 48.5. The molecule has 5 amide bonds. The first kappa shape index (κ1) is 59.9. The van der Waals surface area contributed by atoms with E-state index in [2.05, 4.69) is 96.2 Å². The highest BCUT2D eigenvalue weighted by Gasteiger charge is 2.32. The number of aromatic nitrogens is 8. The summed E-state index contributed by atoms with van der Waals surface area (Å²) in [5, 5.41) is 37.2. The molecule has 0 unspecified atom stereocenters. The number of nitrogens with one attached hydrogen (secondary N) is 9. The number of amides is 5. The van der Waals surface area contributed by atoms with Crippen molar-refractivity contribution in [2.45, 2.75) is 59.1 Å². The van der Waals surface area contributed by atoms with Crippen LogP contribution in [0.4, 0.5) is 105 Å². The van der Waals surface area contributed by atoms with Gasteiger partial charge < -0.3 is 52.8 Å². The van der Waals surface area contributed by atoms with Crippen LogP contribution in [0.5, 0.6) is 0 Å².